The van der Waals surface area contributed by atoms with Crippen molar-refractivity contribution in [1.29, 1.82) is 0 Å². The van der Waals surface area contributed by atoms with Gasteiger partial charge in [0, 0.05) is 19.6 Å². The number of nitrogens with zero attached hydrogens (tertiary/aromatic N) is 1. The molecule has 0 N–H and O–H groups in total. The fourth-order valence-corrected chi connectivity index (χ4v) is 1.30. The molecule has 0 aromatic rings. The minimum absolute atomic E-state index is 0.790. The summed E-state index contributed by atoms with van der Waals surface area (Å²) in [5, 5.41) is 0. The molecule has 0 radical (unpaired) electrons. The van der Waals surface area contributed by atoms with Gasteiger partial charge in [0.05, 0.1) is 13.2 Å². The number of morpholine rings is 1. The molecule has 2 heteroatoms. The van der Waals surface area contributed by atoms with Crippen molar-refractivity contribution in [3.8, 4) is 0 Å². The molecule has 0 unspecified atom stereocenters. The fourth-order valence-electron chi connectivity index (χ4n) is 1.30. The van der Waals surface area contributed by atoms with E-state index in [1.54, 1.807) is 0 Å². The van der Waals surface area contributed by atoms with Crippen molar-refractivity contribution in [3.05, 3.63) is 0 Å². The molecule has 0 aliphatic carbocycles. The van der Waals surface area contributed by atoms with E-state index < -0.39 is 0 Å². The summed E-state index contributed by atoms with van der Waals surface area (Å²) in [6.45, 7) is 17.8. The Balaban J connectivity index is 0. The normalized spacial score (nSPS) is 16.5. The largest absolute Gasteiger partial charge is 0.379 e. The van der Waals surface area contributed by atoms with Crippen molar-refractivity contribution in [2.75, 3.05) is 32.8 Å². The second-order valence-electron chi connectivity index (χ2n) is 3.31. The average molecular weight is 203 g/mol. The molecule has 0 amide bonds. The number of hydrogen-bond acceptors (Lipinski definition) is 2. The first-order chi connectivity index (χ1) is 6.79. The first kappa shape index (κ1) is 16.4. The third-order valence-corrected chi connectivity index (χ3v) is 1.73. The molecule has 1 heterocycles. The number of hydrogen-bond donors (Lipinski definition) is 0. The van der Waals surface area contributed by atoms with Gasteiger partial charge in [0.15, 0.2) is 0 Å². The molecule has 0 saturated carbocycles. The van der Waals surface area contributed by atoms with Gasteiger partial charge in [-0.05, 0) is 5.92 Å². The summed E-state index contributed by atoms with van der Waals surface area (Å²) < 4.78 is 5.24. The van der Waals surface area contributed by atoms with E-state index >= 15 is 0 Å². The maximum Gasteiger partial charge on any atom is 0.0594 e. The van der Waals surface area contributed by atoms with E-state index in [9.17, 15) is 0 Å². The summed E-state index contributed by atoms with van der Waals surface area (Å²) in [6, 6.07) is 0. The lowest BCUT2D eigenvalue weighted by atomic mass is 10.2. The quantitative estimate of drug-likeness (QED) is 0.684. The van der Waals surface area contributed by atoms with Gasteiger partial charge in [-0.25, -0.2) is 0 Å². The average Bonchev–Trinajstić information content (AvgIpc) is 2.24. The van der Waals surface area contributed by atoms with E-state index in [0.29, 0.717) is 0 Å². The van der Waals surface area contributed by atoms with E-state index in [1.165, 1.54) is 6.54 Å². The monoisotopic (exact) mass is 203 g/mol. The predicted molar refractivity (Wildman–Crippen MR) is 64.8 cm³/mol. The Labute approximate surface area is 90.6 Å². The maximum atomic E-state index is 5.24. The van der Waals surface area contributed by atoms with Crippen molar-refractivity contribution >= 4 is 0 Å². The third kappa shape index (κ3) is 10.0. The molecule has 1 saturated heterocycles. The molecule has 0 atom stereocenters. The van der Waals surface area contributed by atoms with Gasteiger partial charge in [-0.3, -0.25) is 4.90 Å². The van der Waals surface area contributed by atoms with E-state index in [0.717, 1.165) is 32.2 Å². The van der Waals surface area contributed by atoms with Crippen LogP contribution in [0.1, 0.15) is 41.5 Å². The minimum Gasteiger partial charge on any atom is -0.379 e. The lowest BCUT2D eigenvalue weighted by molar-refractivity contribution is 0.0329. The zero-order chi connectivity index (χ0) is 11.4. The van der Waals surface area contributed by atoms with Crippen LogP contribution < -0.4 is 0 Å². The molecule has 14 heavy (non-hydrogen) atoms. The molecule has 1 rings (SSSR count). The topological polar surface area (TPSA) is 12.5 Å². The Morgan fingerprint density at radius 1 is 1.00 bits per heavy atom. The van der Waals surface area contributed by atoms with Crippen molar-refractivity contribution < 1.29 is 4.74 Å². The van der Waals surface area contributed by atoms with Crippen molar-refractivity contribution in [3.63, 3.8) is 0 Å². The van der Waals surface area contributed by atoms with Crippen LogP contribution in [0.5, 0.6) is 0 Å². The van der Waals surface area contributed by atoms with Gasteiger partial charge in [0.25, 0.3) is 0 Å². The standard InChI is InChI=1S/C8H17NO.2C2H6/c1-8(2)7-9-3-5-10-6-4-9;2*1-2/h8H,3-7H2,1-2H3;2*1-2H3. The van der Waals surface area contributed by atoms with Crippen LogP contribution >= 0.6 is 0 Å². The molecular weight excluding hydrogens is 174 g/mol. The van der Waals surface area contributed by atoms with Gasteiger partial charge in [-0.15, -0.1) is 0 Å². The maximum absolute atomic E-state index is 5.24. The molecule has 0 aromatic heterocycles. The first-order valence-corrected chi connectivity index (χ1v) is 6.09. The Bertz CT molecular complexity index is 88.3. The summed E-state index contributed by atoms with van der Waals surface area (Å²) in [4.78, 5) is 2.47. The van der Waals surface area contributed by atoms with Crippen LogP contribution in [0.25, 0.3) is 0 Å². The molecular formula is C12H29NO. The van der Waals surface area contributed by atoms with Crippen LogP contribution in [0, 0.1) is 5.92 Å². The van der Waals surface area contributed by atoms with E-state index in [2.05, 4.69) is 18.7 Å². The van der Waals surface area contributed by atoms with E-state index in [1.807, 2.05) is 27.7 Å². The molecule has 88 valence electrons. The molecule has 1 fully saturated rings. The highest BCUT2D eigenvalue weighted by atomic mass is 16.5. The van der Waals surface area contributed by atoms with Gasteiger partial charge in [0.1, 0.15) is 0 Å². The summed E-state index contributed by atoms with van der Waals surface area (Å²) >= 11 is 0. The van der Waals surface area contributed by atoms with Gasteiger partial charge in [-0.2, -0.15) is 0 Å². The Hall–Kier alpha value is -0.0800. The number of ether oxygens (including phenoxy) is 1. The highest BCUT2D eigenvalue weighted by Crippen LogP contribution is 2.01. The number of rotatable bonds is 2. The van der Waals surface area contributed by atoms with Crippen LogP contribution in [-0.4, -0.2) is 37.7 Å². The molecule has 0 spiro atoms. The second kappa shape index (κ2) is 12.9. The van der Waals surface area contributed by atoms with Crippen LogP contribution in [0.15, 0.2) is 0 Å². The van der Waals surface area contributed by atoms with Crippen molar-refractivity contribution in [1.82, 2.24) is 4.90 Å². The summed E-state index contributed by atoms with van der Waals surface area (Å²) in [6.07, 6.45) is 0. The minimum atomic E-state index is 0.790. The highest BCUT2D eigenvalue weighted by Gasteiger charge is 2.10. The highest BCUT2D eigenvalue weighted by molar-refractivity contribution is 4.62. The predicted octanol–water partition coefficient (Wildman–Crippen LogP) is 3.03. The van der Waals surface area contributed by atoms with Crippen molar-refractivity contribution in [2.45, 2.75) is 41.5 Å². The van der Waals surface area contributed by atoms with Gasteiger partial charge in [-0.1, -0.05) is 41.5 Å². The Morgan fingerprint density at radius 2 is 1.43 bits per heavy atom. The Morgan fingerprint density at radius 3 is 1.79 bits per heavy atom. The molecule has 1 aliphatic rings. The van der Waals surface area contributed by atoms with Crippen LogP contribution in [0.4, 0.5) is 0 Å². The van der Waals surface area contributed by atoms with Crippen LogP contribution in [0.2, 0.25) is 0 Å². The third-order valence-electron chi connectivity index (χ3n) is 1.73. The van der Waals surface area contributed by atoms with Crippen LogP contribution in [-0.2, 0) is 4.74 Å². The molecule has 2 nitrogen and oxygen atoms in total. The lowest BCUT2D eigenvalue weighted by Crippen LogP contribution is -2.38. The zero-order valence-electron chi connectivity index (χ0n) is 11.0. The molecule has 1 aliphatic heterocycles. The van der Waals surface area contributed by atoms with Gasteiger partial charge >= 0.3 is 0 Å². The SMILES string of the molecule is CC.CC.CC(C)CN1CCOCC1. The summed E-state index contributed by atoms with van der Waals surface area (Å²) in [5.41, 5.74) is 0. The first-order valence-electron chi connectivity index (χ1n) is 6.09. The van der Waals surface area contributed by atoms with E-state index in [-0.39, 0.29) is 0 Å². The summed E-state index contributed by atoms with van der Waals surface area (Å²) in [5.74, 6) is 0.790. The van der Waals surface area contributed by atoms with Gasteiger partial charge in [0.2, 0.25) is 0 Å². The lowest BCUT2D eigenvalue weighted by Gasteiger charge is -2.27. The van der Waals surface area contributed by atoms with E-state index in [4.69, 9.17) is 4.74 Å². The Kier molecular flexibility index (Phi) is 15.1. The summed E-state index contributed by atoms with van der Waals surface area (Å²) in [7, 11) is 0. The van der Waals surface area contributed by atoms with Crippen LogP contribution in [0.3, 0.4) is 0 Å². The zero-order valence-corrected chi connectivity index (χ0v) is 11.0. The van der Waals surface area contributed by atoms with Gasteiger partial charge < -0.3 is 4.74 Å². The molecule has 0 bridgehead atoms. The molecule has 0 aromatic carbocycles. The second-order valence-corrected chi connectivity index (χ2v) is 3.31. The smallest absolute Gasteiger partial charge is 0.0594 e. The fraction of sp³-hybridized carbons (Fsp3) is 1.00. The van der Waals surface area contributed by atoms with Crippen molar-refractivity contribution in [2.24, 2.45) is 5.92 Å².